The molecule has 1 fully saturated rings. The van der Waals surface area contributed by atoms with Gasteiger partial charge in [-0.2, -0.15) is 0 Å². The van der Waals surface area contributed by atoms with Crippen LogP contribution in [0.1, 0.15) is 38.7 Å². The van der Waals surface area contributed by atoms with Crippen molar-refractivity contribution in [3.8, 4) is 0 Å². The molecule has 1 aliphatic rings. The Kier molecular flexibility index (Phi) is 7.09. The molecule has 3 amide bonds. The largest absolute Gasteiger partial charge is 0.341 e. The fourth-order valence-corrected chi connectivity index (χ4v) is 3.09. The van der Waals surface area contributed by atoms with Gasteiger partial charge >= 0.3 is 6.03 Å². The van der Waals surface area contributed by atoms with E-state index in [1.54, 1.807) is 0 Å². The maximum atomic E-state index is 12.4. The summed E-state index contributed by atoms with van der Waals surface area (Å²) in [6.07, 6.45) is 2.79. The molecule has 2 rings (SSSR count). The predicted octanol–water partition coefficient (Wildman–Crippen LogP) is 2.87. The number of amides is 3. The SMILES string of the molecule is CCCC(C)C(=O)N1CCCN(C(=O)NCc2ccccc2)CC1. The number of hydrogen-bond donors (Lipinski definition) is 1. The standard InChI is InChI=1S/C19H29N3O2/c1-3-8-16(2)18(23)21-11-7-12-22(14-13-21)19(24)20-15-17-9-5-4-6-10-17/h4-6,9-10,16H,3,7-8,11-15H2,1-2H3,(H,20,24). The molecule has 1 saturated heterocycles. The third-order valence-corrected chi connectivity index (χ3v) is 4.52. The maximum absolute atomic E-state index is 12.4. The van der Waals surface area contributed by atoms with Crippen LogP contribution in [0.3, 0.4) is 0 Å². The summed E-state index contributed by atoms with van der Waals surface area (Å²) in [5, 5.41) is 2.97. The average molecular weight is 331 g/mol. The summed E-state index contributed by atoms with van der Waals surface area (Å²) in [7, 11) is 0. The van der Waals surface area contributed by atoms with E-state index >= 15 is 0 Å². The van der Waals surface area contributed by atoms with Crippen LogP contribution in [0.5, 0.6) is 0 Å². The minimum absolute atomic E-state index is 0.0465. The summed E-state index contributed by atoms with van der Waals surface area (Å²) in [6.45, 7) is 7.32. The summed E-state index contributed by atoms with van der Waals surface area (Å²) in [4.78, 5) is 28.5. The third-order valence-electron chi connectivity index (χ3n) is 4.52. The number of carbonyl (C=O) groups is 2. The van der Waals surface area contributed by atoms with Gasteiger partial charge in [-0.15, -0.1) is 0 Å². The second-order valence-electron chi connectivity index (χ2n) is 6.50. The third kappa shape index (κ3) is 5.25. The minimum atomic E-state index is -0.0465. The molecular weight excluding hydrogens is 302 g/mol. The summed E-state index contributed by atoms with van der Waals surface area (Å²) in [5.74, 6) is 0.303. The van der Waals surface area contributed by atoms with E-state index in [2.05, 4.69) is 12.2 Å². The van der Waals surface area contributed by atoms with Gasteiger partial charge in [0.25, 0.3) is 0 Å². The van der Waals surface area contributed by atoms with E-state index in [1.807, 2.05) is 47.1 Å². The minimum Gasteiger partial charge on any atom is -0.341 e. The molecule has 0 aromatic heterocycles. The first kappa shape index (κ1) is 18.3. The van der Waals surface area contributed by atoms with Crippen LogP contribution in [0.4, 0.5) is 4.79 Å². The highest BCUT2D eigenvalue weighted by Crippen LogP contribution is 2.12. The zero-order valence-corrected chi connectivity index (χ0v) is 14.8. The molecule has 1 N–H and O–H groups in total. The molecule has 0 bridgehead atoms. The summed E-state index contributed by atoms with van der Waals surface area (Å²) >= 11 is 0. The van der Waals surface area contributed by atoms with Crippen molar-refractivity contribution in [2.45, 2.75) is 39.7 Å². The van der Waals surface area contributed by atoms with Crippen LogP contribution in [0, 0.1) is 5.92 Å². The van der Waals surface area contributed by atoms with Crippen LogP contribution in [0.2, 0.25) is 0 Å². The highest BCUT2D eigenvalue weighted by Gasteiger charge is 2.24. The Bertz CT molecular complexity index is 533. The van der Waals surface area contributed by atoms with E-state index in [9.17, 15) is 9.59 Å². The molecule has 0 saturated carbocycles. The van der Waals surface area contributed by atoms with E-state index in [1.165, 1.54) is 0 Å². The highest BCUT2D eigenvalue weighted by molar-refractivity contribution is 5.79. The maximum Gasteiger partial charge on any atom is 0.317 e. The Morgan fingerprint density at radius 2 is 1.75 bits per heavy atom. The van der Waals surface area contributed by atoms with Crippen molar-refractivity contribution >= 4 is 11.9 Å². The summed E-state index contributed by atoms with van der Waals surface area (Å²) in [5.41, 5.74) is 1.09. The van der Waals surface area contributed by atoms with Gasteiger partial charge in [-0.3, -0.25) is 4.79 Å². The fraction of sp³-hybridized carbons (Fsp3) is 0.579. The Balaban J connectivity index is 1.81. The molecule has 132 valence electrons. The molecule has 24 heavy (non-hydrogen) atoms. The molecule has 1 unspecified atom stereocenters. The number of urea groups is 1. The molecule has 0 aliphatic carbocycles. The summed E-state index contributed by atoms with van der Waals surface area (Å²) in [6, 6.07) is 9.85. The van der Waals surface area contributed by atoms with Gasteiger partial charge in [-0.05, 0) is 18.4 Å². The number of carbonyl (C=O) groups excluding carboxylic acids is 2. The van der Waals surface area contributed by atoms with Crippen LogP contribution >= 0.6 is 0 Å². The zero-order chi connectivity index (χ0) is 17.4. The number of rotatable bonds is 5. The van der Waals surface area contributed by atoms with Crippen molar-refractivity contribution in [1.29, 1.82) is 0 Å². The van der Waals surface area contributed by atoms with Gasteiger partial charge < -0.3 is 15.1 Å². The molecule has 1 atom stereocenters. The molecule has 1 aromatic rings. The van der Waals surface area contributed by atoms with E-state index in [-0.39, 0.29) is 17.9 Å². The lowest BCUT2D eigenvalue weighted by Gasteiger charge is -2.24. The van der Waals surface area contributed by atoms with Gasteiger partial charge in [0.2, 0.25) is 5.91 Å². The molecular formula is C19H29N3O2. The number of hydrogen-bond acceptors (Lipinski definition) is 2. The van der Waals surface area contributed by atoms with Gasteiger partial charge in [0, 0.05) is 38.6 Å². The van der Waals surface area contributed by atoms with Crippen molar-refractivity contribution in [2.24, 2.45) is 5.92 Å². The van der Waals surface area contributed by atoms with Gasteiger partial charge in [-0.1, -0.05) is 50.6 Å². The molecule has 5 heteroatoms. The van der Waals surface area contributed by atoms with Crippen molar-refractivity contribution in [1.82, 2.24) is 15.1 Å². The highest BCUT2D eigenvalue weighted by atomic mass is 16.2. The lowest BCUT2D eigenvalue weighted by Crippen LogP contribution is -2.43. The van der Waals surface area contributed by atoms with E-state index in [0.29, 0.717) is 26.2 Å². The van der Waals surface area contributed by atoms with Crippen LogP contribution in [0.25, 0.3) is 0 Å². The first-order chi connectivity index (χ1) is 11.6. The molecule has 0 spiro atoms. The van der Waals surface area contributed by atoms with Crippen LogP contribution in [-0.2, 0) is 11.3 Å². The average Bonchev–Trinajstić information content (AvgIpc) is 2.86. The van der Waals surface area contributed by atoms with Gasteiger partial charge in [0.1, 0.15) is 0 Å². The van der Waals surface area contributed by atoms with Crippen molar-refractivity contribution in [2.75, 3.05) is 26.2 Å². The van der Waals surface area contributed by atoms with Crippen LogP contribution in [0.15, 0.2) is 30.3 Å². The number of nitrogens with one attached hydrogen (secondary N) is 1. The lowest BCUT2D eigenvalue weighted by atomic mass is 10.0. The molecule has 1 aliphatic heterocycles. The van der Waals surface area contributed by atoms with E-state index < -0.39 is 0 Å². The number of nitrogens with zero attached hydrogens (tertiary/aromatic N) is 2. The molecule has 5 nitrogen and oxygen atoms in total. The van der Waals surface area contributed by atoms with Crippen LogP contribution in [-0.4, -0.2) is 47.9 Å². The zero-order valence-electron chi connectivity index (χ0n) is 14.8. The van der Waals surface area contributed by atoms with Gasteiger partial charge in [0.05, 0.1) is 0 Å². The van der Waals surface area contributed by atoms with Crippen LogP contribution < -0.4 is 5.32 Å². The Labute approximate surface area is 145 Å². The van der Waals surface area contributed by atoms with E-state index in [0.717, 1.165) is 31.4 Å². The quantitative estimate of drug-likeness (QED) is 0.902. The molecule has 1 aromatic carbocycles. The second kappa shape index (κ2) is 9.30. The van der Waals surface area contributed by atoms with E-state index in [4.69, 9.17) is 0 Å². The Hall–Kier alpha value is -2.04. The normalized spacial score (nSPS) is 16.4. The fourth-order valence-electron chi connectivity index (χ4n) is 3.09. The predicted molar refractivity (Wildman–Crippen MR) is 95.5 cm³/mol. The smallest absolute Gasteiger partial charge is 0.317 e. The first-order valence-corrected chi connectivity index (χ1v) is 8.97. The van der Waals surface area contributed by atoms with Gasteiger partial charge in [0.15, 0.2) is 0 Å². The van der Waals surface area contributed by atoms with Crippen molar-refractivity contribution in [3.63, 3.8) is 0 Å². The molecule has 1 heterocycles. The van der Waals surface area contributed by atoms with Gasteiger partial charge in [-0.25, -0.2) is 4.79 Å². The lowest BCUT2D eigenvalue weighted by molar-refractivity contribution is -0.135. The number of benzene rings is 1. The van der Waals surface area contributed by atoms with Crippen molar-refractivity contribution < 1.29 is 9.59 Å². The first-order valence-electron chi connectivity index (χ1n) is 8.97. The monoisotopic (exact) mass is 331 g/mol. The second-order valence-corrected chi connectivity index (χ2v) is 6.50. The topological polar surface area (TPSA) is 52.7 Å². The van der Waals surface area contributed by atoms with Crippen molar-refractivity contribution in [3.05, 3.63) is 35.9 Å². The summed E-state index contributed by atoms with van der Waals surface area (Å²) < 4.78 is 0. The Morgan fingerprint density at radius 1 is 1.08 bits per heavy atom. The molecule has 0 radical (unpaired) electrons. The Morgan fingerprint density at radius 3 is 2.46 bits per heavy atom.